The third kappa shape index (κ3) is 5.27. The molecule has 1 aliphatic heterocycles. The van der Waals surface area contributed by atoms with Crippen LogP contribution in [0.15, 0.2) is 60.8 Å². The van der Waals surface area contributed by atoms with Gasteiger partial charge in [0.05, 0.1) is 18.4 Å². The molecule has 4 aromatic rings. The molecule has 182 valence electrons. The molecule has 1 saturated heterocycles. The van der Waals surface area contributed by atoms with Crippen molar-refractivity contribution in [2.45, 2.75) is 32.1 Å². The maximum absolute atomic E-state index is 14.2. The molecule has 0 bridgehead atoms. The van der Waals surface area contributed by atoms with Gasteiger partial charge in [0.2, 0.25) is 0 Å². The predicted molar refractivity (Wildman–Crippen MR) is 149 cm³/mol. The molecule has 1 N–H and O–H groups in total. The van der Waals surface area contributed by atoms with Crippen LogP contribution in [0.2, 0.25) is 0 Å². The maximum Gasteiger partial charge on any atom is 0.151 e. The molecule has 1 atom stereocenters. The normalized spacial score (nSPS) is 16.7. The van der Waals surface area contributed by atoms with Gasteiger partial charge in [-0.3, -0.25) is 8.87 Å². The number of ether oxygens (including phenoxy) is 1. The highest BCUT2D eigenvalue weighted by Gasteiger charge is 2.21. The zero-order valence-electron chi connectivity index (χ0n) is 19.5. The summed E-state index contributed by atoms with van der Waals surface area (Å²) in [6.07, 6.45) is 3.61. The number of β-amino-alcohol motifs (C(OH)–C–C–N with tert-alkyl or cyclic N) is 1. The number of benzene rings is 2. The molecule has 1 unspecified atom stereocenters. The summed E-state index contributed by atoms with van der Waals surface area (Å²) < 4.78 is 21.7. The molecule has 0 amide bonds. The van der Waals surface area contributed by atoms with Crippen LogP contribution in [-0.4, -0.2) is 45.3 Å². The van der Waals surface area contributed by atoms with Crippen LogP contribution in [0.5, 0.6) is 0 Å². The van der Waals surface area contributed by atoms with Crippen molar-refractivity contribution < 1.29 is 14.2 Å². The second-order valence-electron chi connectivity index (χ2n) is 8.95. The number of methoxy groups -OCH3 is 1. The molecule has 5 rings (SSSR count). The van der Waals surface area contributed by atoms with Crippen LogP contribution in [0, 0.1) is 5.82 Å². The number of fused-ring (bicyclic) bond motifs is 1. The predicted octanol–water partition coefficient (Wildman–Crippen LogP) is 6.46. The molecule has 3 heterocycles. The molecule has 1 aliphatic rings. The van der Waals surface area contributed by atoms with Gasteiger partial charge in [0.1, 0.15) is 5.82 Å². The summed E-state index contributed by atoms with van der Waals surface area (Å²) in [5.74, 6) is -0.269. The smallest absolute Gasteiger partial charge is 0.151 e. The first-order valence-corrected chi connectivity index (χ1v) is 15.0. The number of aliphatic hydroxyl groups excluding tert-OH is 1. The van der Waals surface area contributed by atoms with Crippen molar-refractivity contribution in [2.24, 2.45) is 0 Å². The van der Waals surface area contributed by atoms with Crippen LogP contribution in [-0.2, 0) is 17.9 Å². The number of pyridine rings is 1. The minimum absolute atomic E-state index is 0.218. The van der Waals surface area contributed by atoms with E-state index < -0.39 is 0 Å². The van der Waals surface area contributed by atoms with Gasteiger partial charge in [-0.2, -0.15) is 0 Å². The van der Waals surface area contributed by atoms with Crippen molar-refractivity contribution >= 4 is 41.4 Å². The van der Waals surface area contributed by atoms with Gasteiger partial charge in [-0.25, -0.2) is 9.37 Å². The minimum atomic E-state index is -0.269. The van der Waals surface area contributed by atoms with E-state index in [1.807, 2.05) is 12.3 Å². The molecule has 2 aromatic carbocycles. The lowest BCUT2D eigenvalue weighted by molar-refractivity contribution is 0.0668. The van der Waals surface area contributed by atoms with Crippen molar-refractivity contribution in [1.29, 1.82) is 0 Å². The first-order valence-electron chi connectivity index (χ1n) is 11.6. The van der Waals surface area contributed by atoms with Gasteiger partial charge in [-0.1, -0.05) is 36.4 Å². The molecule has 5 nitrogen and oxygen atoms in total. The summed E-state index contributed by atoms with van der Waals surface area (Å²) in [7, 11) is 3.20. The first-order chi connectivity index (χ1) is 17.1. The standard InChI is InChI=1S/C27H27FIN3O2S/c1-34-17-25-26(20-4-2-5-22(28)12-20)24-13-21(14-30-27(24)32(25)35-29)19-9-7-18(8-10-19)15-31-11-3-6-23(33)16-31/h2,4-5,7-10,12-14,23,33H,3,6,11,15-17H2,1H3. The summed E-state index contributed by atoms with van der Waals surface area (Å²) in [4.78, 5) is 7.13. The van der Waals surface area contributed by atoms with Crippen LogP contribution in [0.25, 0.3) is 33.3 Å². The van der Waals surface area contributed by atoms with Gasteiger partial charge < -0.3 is 9.84 Å². The third-order valence-corrected chi connectivity index (χ3v) is 8.21. The number of hydrogen-bond acceptors (Lipinski definition) is 5. The average molecular weight is 604 g/mol. The molecule has 0 spiro atoms. The van der Waals surface area contributed by atoms with E-state index in [-0.39, 0.29) is 11.9 Å². The Hall–Kier alpha value is -1.98. The summed E-state index contributed by atoms with van der Waals surface area (Å²) in [6, 6.07) is 17.4. The Labute approximate surface area is 221 Å². The molecular weight excluding hydrogens is 576 g/mol. The quantitative estimate of drug-likeness (QED) is 0.246. The Morgan fingerprint density at radius 1 is 1.14 bits per heavy atom. The second-order valence-corrected chi connectivity index (χ2v) is 10.6. The number of piperidine rings is 1. The summed E-state index contributed by atoms with van der Waals surface area (Å²) in [5, 5.41) is 10.9. The Morgan fingerprint density at radius 3 is 2.69 bits per heavy atom. The number of aliphatic hydroxyl groups is 1. The fourth-order valence-electron chi connectivity index (χ4n) is 4.89. The van der Waals surface area contributed by atoms with E-state index in [4.69, 9.17) is 9.72 Å². The molecular formula is C27H27FIN3O2S. The van der Waals surface area contributed by atoms with E-state index in [1.165, 1.54) is 20.7 Å². The highest BCUT2D eigenvalue weighted by atomic mass is 127. The molecule has 0 aliphatic carbocycles. The van der Waals surface area contributed by atoms with E-state index in [0.29, 0.717) is 6.61 Å². The van der Waals surface area contributed by atoms with Crippen LogP contribution in [0.3, 0.4) is 0 Å². The Kier molecular flexibility index (Phi) is 7.74. The van der Waals surface area contributed by atoms with E-state index >= 15 is 0 Å². The highest BCUT2D eigenvalue weighted by Crippen LogP contribution is 2.40. The second kappa shape index (κ2) is 11.0. The summed E-state index contributed by atoms with van der Waals surface area (Å²) >= 11 is 2.24. The third-order valence-electron chi connectivity index (χ3n) is 6.50. The van der Waals surface area contributed by atoms with Crippen LogP contribution in [0.1, 0.15) is 24.1 Å². The molecule has 35 heavy (non-hydrogen) atoms. The van der Waals surface area contributed by atoms with Gasteiger partial charge in [0, 0.05) is 73.2 Å². The first kappa shape index (κ1) is 24.7. The van der Waals surface area contributed by atoms with Crippen molar-refractivity contribution in [3.63, 3.8) is 0 Å². The van der Waals surface area contributed by atoms with Gasteiger partial charge in [-0.05, 0) is 54.3 Å². The average Bonchev–Trinajstić information content (AvgIpc) is 3.17. The van der Waals surface area contributed by atoms with E-state index in [9.17, 15) is 9.50 Å². The Bertz CT molecular complexity index is 1330. The lowest BCUT2D eigenvalue weighted by Crippen LogP contribution is -2.37. The van der Waals surface area contributed by atoms with Crippen molar-refractivity contribution in [2.75, 3.05) is 20.2 Å². The van der Waals surface area contributed by atoms with Crippen molar-refractivity contribution in [1.82, 2.24) is 13.9 Å². The van der Waals surface area contributed by atoms with Gasteiger partial charge in [-0.15, -0.1) is 0 Å². The van der Waals surface area contributed by atoms with Gasteiger partial charge in [0.15, 0.2) is 5.65 Å². The van der Waals surface area contributed by atoms with E-state index in [0.717, 1.165) is 71.5 Å². The zero-order chi connectivity index (χ0) is 24.4. The number of nitrogens with zero attached hydrogens (tertiary/aromatic N) is 3. The number of rotatable bonds is 7. The summed E-state index contributed by atoms with van der Waals surface area (Å²) in [6.45, 7) is 3.00. The molecule has 1 fully saturated rings. The Balaban J connectivity index is 1.53. The van der Waals surface area contributed by atoms with Gasteiger partial charge in [0.25, 0.3) is 0 Å². The van der Waals surface area contributed by atoms with Crippen LogP contribution >= 0.6 is 30.3 Å². The lowest BCUT2D eigenvalue weighted by atomic mass is 9.99. The molecule has 0 radical (unpaired) electrons. The Morgan fingerprint density at radius 2 is 1.97 bits per heavy atom. The fraction of sp³-hybridized carbons (Fsp3) is 0.296. The molecule has 0 saturated carbocycles. The van der Waals surface area contributed by atoms with Crippen molar-refractivity contribution in [3.05, 3.63) is 77.9 Å². The summed E-state index contributed by atoms with van der Waals surface area (Å²) in [5.41, 5.74) is 6.86. The minimum Gasteiger partial charge on any atom is -0.392 e. The van der Waals surface area contributed by atoms with Crippen LogP contribution in [0.4, 0.5) is 4.39 Å². The number of aromatic nitrogens is 2. The lowest BCUT2D eigenvalue weighted by Gasteiger charge is -2.29. The topological polar surface area (TPSA) is 50.5 Å². The molecule has 8 heteroatoms. The molecule has 2 aromatic heterocycles. The monoisotopic (exact) mass is 603 g/mol. The SMILES string of the molecule is COCc1c(-c2cccc(F)c2)c2cc(-c3ccc(CN4CCCC(O)C4)cc3)cnc2n1SI. The highest BCUT2D eigenvalue weighted by molar-refractivity contribution is 14.2. The number of likely N-dealkylation sites (tertiary alicyclic amines) is 1. The van der Waals surface area contributed by atoms with Crippen LogP contribution < -0.4 is 0 Å². The van der Waals surface area contributed by atoms with E-state index in [1.54, 1.807) is 19.2 Å². The largest absolute Gasteiger partial charge is 0.392 e. The number of halogens is 2. The number of hydrogen-bond donors (Lipinski definition) is 1. The fourth-order valence-corrected chi connectivity index (χ4v) is 6.60. The van der Waals surface area contributed by atoms with Crippen molar-refractivity contribution in [3.8, 4) is 22.3 Å². The van der Waals surface area contributed by atoms with E-state index in [2.05, 4.69) is 60.4 Å². The maximum atomic E-state index is 14.2. The van der Waals surface area contributed by atoms with Gasteiger partial charge >= 0.3 is 0 Å². The zero-order valence-corrected chi connectivity index (χ0v) is 22.4.